The summed E-state index contributed by atoms with van der Waals surface area (Å²) in [5.41, 5.74) is 2.07. The summed E-state index contributed by atoms with van der Waals surface area (Å²) >= 11 is 13.3. The van der Waals surface area contributed by atoms with Crippen LogP contribution < -0.4 is 9.47 Å². The van der Waals surface area contributed by atoms with E-state index in [9.17, 15) is 0 Å². The summed E-state index contributed by atoms with van der Waals surface area (Å²) in [4.78, 5) is -0.0154. The molecule has 0 N–H and O–H groups in total. The summed E-state index contributed by atoms with van der Waals surface area (Å²) in [6.45, 7) is 0. The van der Waals surface area contributed by atoms with Crippen LogP contribution in [0.15, 0.2) is 40.9 Å². The standard InChI is InChI=1S/C15H13Br2ClO2/c1-19-12-3-4-13(14(8-12)20-2)15(17)9-5-10(16)7-11(18)6-9/h3-8,15H,1-2H3. The van der Waals surface area contributed by atoms with Crippen LogP contribution in [0, 0.1) is 0 Å². The van der Waals surface area contributed by atoms with E-state index in [-0.39, 0.29) is 4.83 Å². The number of hydrogen-bond donors (Lipinski definition) is 0. The van der Waals surface area contributed by atoms with Crippen LogP contribution in [0.2, 0.25) is 5.02 Å². The van der Waals surface area contributed by atoms with E-state index in [1.54, 1.807) is 14.2 Å². The first-order chi connectivity index (χ1) is 9.55. The largest absolute Gasteiger partial charge is 0.497 e. The molecule has 0 amide bonds. The Labute approximate surface area is 140 Å². The van der Waals surface area contributed by atoms with Gasteiger partial charge in [0.25, 0.3) is 0 Å². The first kappa shape index (κ1) is 15.7. The zero-order chi connectivity index (χ0) is 14.7. The average molecular weight is 421 g/mol. The van der Waals surface area contributed by atoms with E-state index < -0.39 is 0 Å². The number of rotatable bonds is 4. The van der Waals surface area contributed by atoms with E-state index in [4.69, 9.17) is 21.1 Å². The maximum atomic E-state index is 6.10. The molecule has 1 atom stereocenters. The minimum atomic E-state index is -0.0154. The van der Waals surface area contributed by atoms with Crippen molar-refractivity contribution in [2.24, 2.45) is 0 Å². The van der Waals surface area contributed by atoms with Crippen LogP contribution in [0.1, 0.15) is 16.0 Å². The van der Waals surface area contributed by atoms with Crippen molar-refractivity contribution in [3.05, 3.63) is 57.0 Å². The Morgan fingerprint density at radius 3 is 2.40 bits per heavy atom. The van der Waals surface area contributed by atoms with Crippen molar-refractivity contribution < 1.29 is 9.47 Å². The summed E-state index contributed by atoms with van der Waals surface area (Å²) in [6.07, 6.45) is 0. The van der Waals surface area contributed by atoms with Gasteiger partial charge in [-0.05, 0) is 29.8 Å². The van der Waals surface area contributed by atoms with Gasteiger partial charge in [-0.1, -0.05) is 49.5 Å². The van der Waals surface area contributed by atoms with Gasteiger partial charge in [0.05, 0.1) is 19.0 Å². The second-order valence-corrected chi connectivity index (χ2v) is 6.44. The molecular formula is C15H13Br2ClO2. The van der Waals surface area contributed by atoms with E-state index in [2.05, 4.69) is 31.9 Å². The van der Waals surface area contributed by atoms with Crippen molar-refractivity contribution in [2.75, 3.05) is 14.2 Å². The van der Waals surface area contributed by atoms with E-state index >= 15 is 0 Å². The Hall–Kier alpha value is -0.710. The molecule has 0 fully saturated rings. The summed E-state index contributed by atoms with van der Waals surface area (Å²) < 4.78 is 11.6. The summed E-state index contributed by atoms with van der Waals surface area (Å²) in [7, 11) is 3.28. The topological polar surface area (TPSA) is 18.5 Å². The first-order valence-electron chi connectivity index (χ1n) is 5.87. The molecule has 2 aromatic carbocycles. The quantitative estimate of drug-likeness (QED) is 0.599. The van der Waals surface area contributed by atoms with Gasteiger partial charge in [0.1, 0.15) is 11.5 Å². The van der Waals surface area contributed by atoms with Crippen molar-refractivity contribution in [1.82, 2.24) is 0 Å². The molecule has 0 saturated heterocycles. The molecule has 0 aliphatic heterocycles. The highest BCUT2D eigenvalue weighted by Gasteiger charge is 2.17. The highest BCUT2D eigenvalue weighted by molar-refractivity contribution is 9.10. The molecular weight excluding hydrogens is 407 g/mol. The Bertz CT molecular complexity index is 597. The molecule has 5 heteroatoms. The fraction of sp³-hybridized carbons (Fsp3) is 0.200. The molecule has 0 bridgehead atoms. The fourth-order valence-electron chi connectivity index (χ4n) is 1.93. The maximum Gasteiger partial charge on any atom is 0.127 e. The van der Waals surface area contributed by atoms with Crippen molar-refractivity contribution >= 4 is 43.5 Å². The molecule has 1 unspecified atom stereocenters. The van der Waals surface area contributed by atoms with E-state index in [1.165, 1.54) is 0 Å². The lowest BCUT2D eigenvalue weighted by Crippen LogP contribution is -1.98. The molecule has 0 radical (unpaired) electrons. The number of alkyl halides is 1. The molecule has 2 aromatic rings. The Morgan fingerprint density at radius 1 is 1.05 bits per heavy atom. The highest BCUT2D eigenvalue weighted by atomic mass is 79.9. The molecule has 0 heterocycles. The van der Waals surface area contributed by atoms with Gasteiger partial charge in [-0.15, -0.1) is 0 Å². The molecule has 106 valence electrons. The smallest absolute Gasteiger partial charge is 0.127 e. The summed E-state index contributed by atoms with van der Waals surface area (Å²) in [6, 6.07) is 11.6. The van der Waals surface area contributed by atoms with Crippen molar-refractivity contribution in [1.29, 1.82) is 0 Å². The van der Waals surface area contributed by atoms with Gasteiger partial charge in [-0.2, -0.15) is 0 Å². The molecule has 0 spiro atoms. The molecule has 20 heavy (non-hydrogen) atoms. The van der Waals surface area contributed by atoms with Gasteiger partial charge >= 0.3 is 0 Å². The second-order valence-electron chi connectivity index (χ2n) is 4.17. The summed E-state index contributed by atoms with van der Waals surface area (Å²) in [5.74, 6) is 1.53. The van der Waals surface area contributed by atoms with Gasteiger partial charge < -0.3 is 9.47 Å². The fourth-order valence-corrected chi connectivity index (χ4v) is 3.46. The number of ether oxygens (including phenoxy) is 2. The number of halogens is 3. The van der Waals surface area contributed by atoms with Gasteiger partial charge in [-0.25, -0.2) is 0 Å². The van der Waals surface area contributed by atoms with Gasteiger partial charge in [-0.3, -0.25) is 0 Å². The minimum Gasteiger partial charge on any atom is -0.497 e. The lowest BCUT2D eigenvalue weighted by atomic mass is 10.0. The zero-order valence-corrected chi connectivity index (χ0v) is 14.9. The molecule has 0 aromatic heterocycles. The lowest BCUT2D eigenvalue weighted by molar-refractivity contribution is 0.391. The van der Waals surface area contributed by atoms with Crippen LogP contribution in [0.3, 0.4) is 0 Å². The van der Waals surface area contributed by atoms with Crippen LogP contribution in [-0.2, 0) is 0 Å². The molecule has 0 aliphatic rings. The van der Waals surface area contributed by atoms with Gasteiger partial charge in [0.2, 0.25) is 0 Å². The average Bonchev–Trinajstić information content (AvgIpc) is 2.44. The molecule has 2 rings (SSSR count). The lowest BCUT2D eigenvalue weighted by Gasteiger charge is -2.16. The normalized spacial score (nSPS) is 12.1. The van der Waals surface area contributed by atoms with Crippen LogP contribution >= 0.6 is 43.5 Å². The predicted molar refractivity (Wildman–Crippen MR) is 89.5 cm³/mol. The third-order valence-electron chi connectivity index (χ3n) is 2.89. The zero-order valence-electron chi connectivity index (χ0n) is 11.0. The first-order valence-corrected chi connectivity index (χ1v) is 7.96. The van der Waals surface area contributed by atoms with Gasteiger partial charge in [0, 0.05) is 21.1 Å². The Balaban J connectivity index is 2.44. The van der Waals surface area contributed by atoms with E-state index in [0.29, 0.717) is 5.02 Å². The minimum absolute atomic E-state index is 0.0154. The van der Waals surface area contributed by atoms with Crippen LogP contribution in [0.25, 0.3) is 0 Å². The third-order valence-corrected chi connectivity index (χ3v) is 4.59. The number of hydrogen-bond acceptors (Lipinski definition) is 2. The van der Waals surface area contributed by atoms with Crippen LogP contribution in [0.4, 0.5) is 0 Å². The van der Waals surface area contributed by atoms with Crippen LogP contribution in [-0.4, -0.2) is 14.2 Å². The number of benzene rings is 2. The van der Waals surface area contributed by atoms with E-state index in [1.807, 2.05) is 36.4 Å². The van der Waals surface area contributed by atoms with Crippen molar-refractivity contribution in [3.63, 3.8) is 0 Å². The SMILES string of the molecule is COc1ccc(C(Br)c2cc(Cl)cc(Br)c2)c(OC)c1. The maximum absolute atomic E-state index is 6.10. The molecule has 0 aliphatic carbocycles. The second kappa shape index (κ2) is 6.83. The number of methoxy groups -OCH3 is 2. The Morgan fingerprint density at radius 2 is 1.80 bits per heavy atom. The molecule has 2 nitrogen and oxygen atoms in total. The molecule has 0 saturated carbocycles. The van der Waals surface area contributed by atoms with Crippen molar-refractivity contribution in [3.8, 4) is 11.5 Å². The summed E-state index contributed by atoms with van der Waals surface area (Å²) in [5, 5.41) is 0.686. The third kappa shape index (κ3) is 3.48. The monoisotopic (exact) mass is 418 g/mol. The van der Waals surface area contributed by atoms with E-state index in [0.717, 1.165) is 27.1 Å². The highest BCUT2D eigenvalue weighted by Crippen LogP contribution is 2.39. The van der Waals surface area contributed by atoms with Crippen LogP contribution in [0.5, 0.6) is 11.5 Å². The van der Waals surface area contributed by atoms with Crippen molar-refractivity contribution in [2.45, 2.75) is 4.83 Å². The predicted octanol–water partition coefficient (Wildman–Crippen LogP) is 5.60. The van der Waals surface area contributed by atoms with Gasteiger partial charge in [0.15, 0.2) is 0 Å². The Kier molecular flexibility index (Phi) is 5.35.